The zero-order valence-corrected chi connectivity index (χ0v) is 15.0. The van der Waals surface area contributed by atoms with Crippen LogP contribution in [-0.4, -0.2) is 30.6 Å². The van der Waals surface area contributed by atoms with Crippen molar-refractivity contribution >= 4 is 5.69 Å². The lowest BCUT2D eigenvalue weighted by molar-refractivity contribution is 0.0857. The van der Waals surface area contributed by atoms with E-state index in [4.69, 9.17) is 0 Å². The highest BCUT2D eigenvalue weighted by Crippen LogP contribution is 2.45. The van der Waals surface area contributed by atoms with Crippen molar-refractivity contribution in [2.24, 2.45) is 5.92 Å². The molecule has 1 N–H and O–H groups in total. The number of fused-ring (bicyclic) bond motifs is 2. The molecule has 4 rings (SSSR count). The number of piperidine rings is 1. The molecule has 0 amide bonds. The second-order valence-corrected chi connectivity index (χ2v) is 8.32. The lowest BCUT2D eigenvalue weighted by atomic mass is 9.73. The van der Waals surface area contributed by atoms with Crippen LogP contribution in [0.2, 0.25) is 0 Å². The SMILES string of the molecule is CCCC1CCC(N2CCC3(CC2)CNc2ccc(F)cc23)CC1.[HH]. The number of hydrogen-bond donors (Lipinski definition) is 1. The molecule has 1 aliphatic carbocycles. The molecule has 1 saturated carbocycles. The fourth-order valence-corrected chi connectivity index (χ4v) is 5.44. The Balaban J connectivity index is 0.00000182. The second-order valence-electron chi connectivity index (χ2n) is 8.32. The normalized spacial score (nSPS) is 29.4. The number of rotatable bonds is 3. The summed E-state index contributed by atoms with van der Waals surface area (Å²) in [6.45, 7) is 5.66. The molecule has 2 aliphatic heterocycles. The summed E-state index contributed by atoms with van der Waals surface area (Å²) in [4.78, 5) is 2.74. The second kappa shape index (κ2) is 6.67. The van der Waals surface area contributed by atoms with Crippen molar-refractivity contribution < 1.29 is 5.82 Å². The topological polar surface area (TPSA) is 15.3 Å². The van der Waals surface area contributed by atoms with Gasteiger partial charge in [0, 0.05) is 25.1 Å². The van der Waals surface area contributed by atoms with Crippen LogP contribution in [0.5, 0.6) is 0 Å². The van der Waals surface area contributed by atoms with E-state index in [0.29, 0.717) is 0 Å². The molecule has 1 saturated heterocycles. The van der Waals surface area contributed by atoms with Crippen molar-refractivity contribution in [3.8, 4) is 0 Å². The molecular formula is C21H33FN2. The summed E-state index contributed by atoms with van der Waals surface area (Å²) in [5.74, 6) is 0.893. The third-order valence-electron chi connectivity index (χ3n) is 6.95. The molecule has 0 aromatic heterocycles. The molecule has 0 radical (unpaired) electrons. The number of likely N-dealkylation sites (tertiary alicyclic amines) is 1. The minimum absolute atomic E-state index is 0. The smallest absolute Gasteiger partial charge is 0.123 e. The minimum atomic E-state index is -0.0894. The van der Waals surface area contributed by atoms with Crippen molar-refractivity contribution in [3.63, 3.8) is 0 Å². The van der Waals surface area contributed by atoms with Crippen LogP contribution in [-0.2, 0) is 5.41 Å². The van der Waals surface area contributed by atoms with Crippen LogP contribution in [0, 0.1) is 11.7 Å². The third-order valence-corrected chi connectivity index (χ3v) is 6.95. The van der Waals surface area contributed by atoms with Crippen LogP contribution < -0.4 is 5.32 Å². The number of anilines is 1. The Morgan fingerprint density at radius 2 is 1.96 bits per heavy atom. The van der Waals surface area contributed by atoms with Gasteiger partial charge in [-0.2, -0.15) is 0 Å². The van der Waals surface area contributed by atoms with Gasteiger partial charge in [-0.05, 0) is 81.3 Å². The van der Waals surface area contributed by atoms with Gasteiger partial charge >= 0.3 is 0 Å². The summed E-state index contributed by atoms with van der Waals surface area (Å²) in [5, 5.41) is 3.52. The highest BCUT2D eigenvalue weighted by molar-refractivity contribution is 5.60. The molecule has 2 fully saturated rings. The highest BCUT2D eigenvalue weighted by Gasteiger charge is 2.42. The van der Waals surface area contributed by atoms with Gasteiger partial charge in [0.15, 0.2) is 0 Å². The zero-order chi connectivity index (χ0) is 16.6. The number of hydrogen-bond acceptors (Lipinski definition) is 2. The molecule has 2 heterocycles. The predicted octanol–water partition coefficient (Wildman–Crippen LogP) is 5.19. The largest absolute Gasteiger partial charge is 0.384 e. The molecule has 3 aliphatic rings. The van der Waals surface area contributed by atoms with Crippen LogP contribution in [0.4, 0.5) is 10.1 Å². The Morgan fingerprint density at radius 3 is 2.67 bits per heavy atom. The van der Waals surface area contributed by atoms with E-state index in [1.165, 1.54) is 70.0 Å². The van der Waals surface area contributed by atoms with E-state index in [0.717, 1.165) is 24.2 Å². The quantitative estimate of drug-likeness (QED) is 0.819. The minimum Gasteiger partial charge on any atom is -0.384 e. The Bertz CT molecular complexity index is 575. The van der Waals surface area contributed by atoms with Gasteiger partial charge in [-0.3, -0.25) is 0 Å². The molecule has 0 bridgehead atoms. The molecular weight excluding hydrogens is 299 g/mol. The molecule has 24 heavy (non-hydrogen) atoms. The van der Waals surface area contributed by atoms with Gasteiger partial charge in [-0.1, -0.05) is 19.8 Å². The van der Waals surface area contributed by atoms with Crippen molar-refractivity contribution in [3.05, 3.63) is 29.6 Å². The van der Waals surface area contributed by atoms with Crippen LogP contribution in [0.25, 0.3) is 0 Å². The summed E-state index contributed by atoms with van der Waals surface area (Å²) in [7, 11) is 0. The van der Waals surface area contributed by atoms with Gasteiger partial charge < -0.3 is 10.2 Å². The third kappa shape index (κ3) is 2.96. The molecule has 3 heteroatoms. The molecule has 2 nitrogen and oxygen atoms in total. The Hall–Kier alpha value is -1.09. The summed E-state index contributed by atoms with van der Waals surface area (Å²) in [5.41, 5.74) is 2.56. The average molecular weight is 333 g/mol. The van der Waals surface area contributed by atoms with Crippen LogP contribution in [0.1, 0.15) is 65.3 Å². The molecule has 0 atom stereocenters. The first-order chi connectivity index (χ1) is 11.7. The molecule has 1 aromatic rings. The van der Waals surface area contributed by atoms with E-state index < -0.39 is 0 Å². The fraction of sp³-hybridized carbons (Fsp3) is 0.714. The van der Waals surface area contributed by atoms with E-state index in [2.05, 4.69) is 17.1 Å². The summed E-state index contributed by atoms with van der Waals surface area (Å²) in [6, 6.07) is 6.08. The average Bonchev–Trinajstić information content (AvgIpc) is 2.95. The van der Waals surface area contributed by atoms with Crippen molar-refractivity contribution in [1.82, 2.24) is 4.90 Å². The maximum Gasteiger partial charge on any atom is 0.123 e. The van der Waals surface area contributed by atoms with Gasteiger partial charge in [-0.25, -0.2) is 4.39 Å². The standard InChI is InChI=1S/C21H31FN2.H2/c1-2-3-16-4-7-18(8-5-16)24-12-10-21(11-13-24)15-23-20-9-6-17(22)14-19(20)21;/h6,9,14,16,18,23H,2-5,7-8,10-13,15H2,1H3;1H. The zero-order valence-electron chi connectivity index (χ0n) is 15.0. The summed E-state index contributed by atoms with van der Waals surface area (Å²) < 4.78 is 13.7. The monoisotopic (exact) mass is 332 g/mol. The van der Waals surface area contributed by atoms with Crippen molar-refractivity contribution in [2.45, 2.75) is 69.7 Å². The van der Waals surface area contributed by atoms with E-state index in [9.17, 15) is 4.39 Å². The number of benzene rings is 1. The van der Waals surface area contributed by atoms with E-state index in [1.807, 2.05) is 6.07 Å². The van der Waals surface area contributed by atoms with Gasteiger partial charge in [-0.15, -0.1) is 0 Å². The summed E-state index contributed by atoms with van der Waals surface area (Å²) in [6.07, 6.45) is 10.7. The number of halogens is 1. The molecule has 0 unspecified atom stereocenters. The number of nitrogens with zero attached hydrogens (tertiary/aromatic N) is 1. The highest BCUT2D eigenvalue weighted by atomic mass is 19.1. The van der Waals surface area contributed by atoms with Crippen LogP contribution in [0.3, 0.4) is 0 Å². The summed E-state index contributed by atoms with van der Waals surface area (Å²) >= 11 is 0. The van der Waals surface area contributed by atoms with Gasteiger partial charge in [0.2, 0.25) is 0 Å². The molecule has 134 valence electrons. The molecule has 1 aromatic carbocycles. The Labute approximate surface area is 147 Å². The van der Waals surface area contributed by atoms with E-state index in [1.54, 1.807) is 12.1 Å². The van der Waals surface area contributed by atoms with Crippen LogP contribution in [0.15, 0.2) is 18.2 Å². The molecule has 1 spiro atoms. The first kappa shape index (κ1) is 16.4. The first-order valence-electron chi connectivity index (χ1n) is 9.98. The first-order valence-corrected chi connectivity index (χ1v) is 9.98. The lowest BCUT2D eigenvalue weighted by Crippen LogP contribution is -2.48. The Morgan fingerprint density at radius 1 is 1.21 bits per heavy atom. The fourth-order valence-electron chi connectivity index (χ4n) is 5.44. The van der Waals surface area contributed by atoms with Gasteiger partial charge in [0.1, 0.15) is 5.82 Å². The van der Waals surface area contributed by atoms with Crippen LogP contribution >= 0.6 is 0 Å². The number of nitrogens with one attached hydrogen (secondary N) is 1. The van der Waals surface area contributed by atoms with E-state index >= 15 is 0 Å². The maximum atomic E-state index is 13.7. The van der Waals surface area contributed by atoms with Crippen molar-refractivity contribution in [2.75, 3.05) is 25.0 Å². The van der Waals surface area contributed by atoms with Gasteiger partial charge in [0.25, 0.3) is 0 Å². The van der Waals surface area contributed by atoms with Crippen molar-refractivity contribution in [1.29, 1.82) is 0 Å². The lowest BCUT2D eigenvalue weighted by Gasteiger charge is -2.44. The van der Waals surface area contributed by atoms with Gasteiger partial charge in [0.05, 0.1) is 0 Å². The predicted molar refractivity (Wildman–Crippen MR) is 100 cm³/mol. The maximum absolute atomic E-state index is 13.7. The van der Waals surface area contributed by atoms with E-state index in [-0.39, 0.29) is 12.7 Å². The Kier molecular flexibility index (Phi) is 4.55.